The van der Waals surface area contributed by atoms with Gasteiger partial charge in [-0.05, 0) is 81.2 Å². The van der Waals surface area contributed by atoms with Gasteiger partial charge in [0.2, 0.25) is 23.6 Å². The number of nitrogens with zero attached hydrogens (tertiary/aromatic N) is 7. The summed E-state index contributed by atoms with van der Waals surface area (Å²) in [6.07, 6.45) is 9.20. The van der Waals surface area contributed by atoms with Crippen molar-refractivity contribution in [3.63, 3.8) is 0 Å². The topological polar surface area (TPSA) is 165 Å². The molecule has 1 N–H and O–H groups in total. The van der Waals surface area contributed by atoms with Gasteiger partial charge in [0.05, 0.1) is 44.1 Å². The van der Waals surface area contributed by atoms with Crippen LogP contribution in [0.4, 0.5) is 40.3 Å². The number of carbonyl (C=O) groups excluding carboxylic acids is 2. The first-order valence-electron chi connectivity index (χ1n) is 26.2. The summed E-state index contributed by atoms with van der Waals surface area (Å²) in [6.45, 7) is 4.97. The molecular weight excluding hydrogens is 989 g/mol. The third-order valence-corrected chi connectivity index (χ3v) is 15.7. The second-order valence-corrected chi connectivity index (χ2v) is 20.4. The molecule has 0 bridgehead atoms. The lowest BCUT2D eigenvalue weighted by molar-refractivity contribution is -0.122. The first kappa shape index (κ1) is 54.0. The molecule has 0 radical (unpaired) electrons. The maximum Gasteiger partial charge on any atom is 0.290 e. The zero-order chi connectivity index (χ0) is 52.1. The number of piperidine rings is 4. The van der Waals surface area contributed by atoms with E-state index in [0.29, 0.717) is 132 Å². The first-order valence-corrected chi connectivity index (χ1v) is 26.2. The van der Waals surface area contributed by atoms with Crippen LogP contribution in [-0.2, 0) is 25.6 Å². The van der Waals surface area contributed by atoms with E-state index in [-0.39, 0.29) is 42.6 Å². The van der Waals surface area contributed by atoms with Crippen molar-refractivity contribution in [3.05, 3.63) is 128 Å². The minimum Gasteiger partial charge on any atom is -0.473 e. The van der Waals surface area contributed by atoms with Crippen LogP contribution in [-0.4, -0.2) is 108 Å². The zero-order valence-electron chi connectivity index (χ0n) is 41.8. The number of aromatic amines is 1. The molecule has 2 spiro atoms. The molecule has 6 saturated heterocycles. The quantitative estimate of drug-likeness (QED) is 0.133. The lowest BCUT2D eigenvalue weighted by Gasteiger charge is -2.51. The monoisotopic (exact) mass is 1050 g/mol. The summed E-state index contributed by atoms with van der Waals surface area (Å²) in [5.41, 5.74) is 1.19. The maximum absolute atomic E-state index is 14.2. The molecule has 0 aliphatic carbocycles. The number of aromatic nitrogens is 4. The largest absolute Gasteiger partial charge is 0.473 e. The van der Waals surface area contributed by atoms with Crippen LogP contribution in [0.2, 0.25) is 0 Å². The summed E-state index contributed by atoms with van der Waals surface area (Å²) in [6, 6.07) is 20.4. The van der Waals surface area contributed by atoms with E-state index in [1.54, 1.807) is 21.9 Å². The van der Waals surface area contributed by atoms with Crippen molar-refractivity contribution in [2.45, 2.75) is 127 Å². The third-order valence-electron chi connectivity index (χ3n) is 15.7. The van der Waals surface area contributed by atoms with Gasteiger partial charge in [0.25, 0.3) is 11.1 Å². The highest BCUT2D eigenvalue weighted by Crippen LogP contribution is 2.44. The average Bonchev–Trinajstić information content (AvgIpc) is 3.43. The van der Waals surface area contributed by atoms with Crippen LogP contribution in [0.5, 0.6) is 11.8 Å². The fourth-order valence-electron chi connectivity index (χ4n) is 11.7. The van der Waals surface area contributed by atoms with E-state index in [9.17, 15) is 36.7 Å². The van der Waals surface area contributed by atoms with Crippen molar-refractivity contribution in [1.29, 1.82) is 0 Å². The number of amides is 2. The Kier molecular flexibility index (Phi) is 16.8. The fourth-order valence-corrected chi connectivity index (χ4v) is 11.7. The van der Waals surface area contributed by atoms with E-state index >= 15 is 0 Å². The van der Waals surface area contributed by atoms with Crippen LogP contribution >= 0.6 is 0 Å². The number of rotatable bonds is 10. The molecule has 2 amide bonds. The van der Waals surface area contributed by atoms with Crippen molar-refractivity contribution in [2.24, 2.45) is 0 Å². The molecule has 76 heavy (non-hydrogen) atoms. The van der Waals surface area contributed by atoms with Gasteiger partial charge < -0.3 is 38.5 Å². The molecule has 6 aliphatic rings. The number of H-pyrrole nitrogens is 1. The summed E-state index contributed by atoms with van der Waals surface area (Å²) in [5.74, 6) is -3.21. The van der Waals surface area contributed by atoms with Crippen molar-refractivity contribution in [2.75, 3.05) is 72.2 Å². The van der Waals surface area contributed by atoms with Crippen LogP contribution in [0, 0.1) is 23.3 Å². The van der Waals surface area contributed by atoms with Crippen molar-refractivity contribution in [3.8, 4) is 11.8 Å². The average molecular weight is 1060 g/mol. The number of ether oxygens (including phenoxy) is 4. The van der Waals surface area contributed by atoms with Gasteiger partial charge >= 0.3 is 0 Å². The third kappa shape index (κ3) is 11.8. The standard InChI is InChI=1S/C31H34F2N4O4.C24H28F2N4O4.CH4/c32-25-9-8-23(19-26(25)33)37-29(38)7-4-12-31(37)13-15-35(16-14-31)27-20-28(41-24-10-17-40-18-11-24)34-36(30(27)39)21-22-5-2-1-3-6-22;25-18-4-3-16(14-19(18)26)30-22(31)2-1-7-24(30)8-10-29(11-9-24)20-15-21(27-28-23(20)32)34-17-5-12-33-13-6-17;/h1-3,5-6,8-9,19-20,24H,4,7,10-18,21H2;3-4,14-15,17H,1-2,5-13H2,(H,28,32);1H4. The summed E-state index contributed by atoms with van der Waals surface area (Å²) in [7, 11) is 0. The molecule has 11 rings (SSSR count). The van der Waals surface area contributed by atoms with Gasteiger partial charge in [0, 0.05) is 100 Å². The zero-order valence-corrected chi connectivity index (χ0v) is 41.8. The van der Waals surface area contributed by atoms with Gasteiger partial charge in [-0.1, -0.05) is 37.8 Å². The van der Waals surface area contributed by atoms with Gasteiger partial charge in [-0.2, -0.15) is 0 Å². The van der Waals surface area contributed by atoms with E-state index < -0.39 is 34.3 Å². The summed E-state index contributed by atoms with van der Waals surface area (Å²) < 4.78 is 79.8. The number of benzene rings is 3. The summed E-state index contributed by atoms with van der Waals surface area (Å²) >= 11 is 0. The Morgan fingerprint density at radius 1 is 0.579 bits per heavy atom. The van der Waals surface area contributed by atoms with Crippen LogP contribution in [0.25, 0.3) is 0 Å². The highest BCUT2D eigenvalue weighted by molar-refractivity contribution is 5.96. The van der Waals surface area contributed by atoms with E-state index in [2.05, 4.69) is 15.3 Å². The van der Waals surface area contributed by atoms with Gasteiger partial charge in [-0.3, -0.25) is 19.2 Å². The molecule has 0 unspecified atom stereocenters. The minimum atomic E-state index is -0.971. The highest BCUT2D eigenvalue weighted by Gasteiger charge is 2.47. The number of nitrogens with one attached hydrogen (secondary N) is 1. The second-order valence-electron chi connectivity index (χ2n) is 20.4. The smallest absolute Gasteiger partial charge is 0.290 e. The Balaban J connectivity index is 0.000000186. The Labute approximate surface area is 438 Å². The Bertz CT molecular complexity index is 2950. The Morgan fingerprint density at radius 3 is 1.55 bits per heavy atom. The SMILES string of the molecule is C.O=C1CCCC2(CCN(c3cc(OC4CCOCC4)n[nH]c3=O)CC2)N1c1ccc(F)c(F)c1.O=C1CCCC2(CCN(c3cc(OC4CCOCC4)nn(Cc4ccccc4)c3=O)CC2)N1c1ccc(F)c(F)c1. The summed E-state index contributed by atoms with van der Waals surface area (Å²) in [4.78, 5) is 59.7. The molecule has 3 aromatic carbocycles. The molecule has 20 heteroatoms. The van der Waals surface area contributed by atoms with Crippen LogP contribution in [0.3, 0.4) is 0 Å². The molecule has 5 aromatic rings. The van der Waals surface area contributed by atoms with Gasteiger partial charge in [-0.15, -0.1) is 10.2 Å². The molecule has 406 valence electrons. The predicted octanol–water partition coefficient (Wildman–Crippen LogP) is 8.48. The van der Waals surface area contributed by atoms with Crippen LogP contribution in [0.1, 0.15) is 103 Å². The lowest BCUT2D eigenvalue weighted by Crippen LogP contribution is -2.60. The maximum atomic E-state index is 14.2. The number of hydrogen-bond donors (Lipinski definition) is 1. The molecular formula is C56H66F4N8O8. The summed E-state index contributed by atoms with van der Waals surface area (Å²) in [5, 5.41) is 11.1. The van der Waals surface area contributed by atoms with Gasteiger partial charge in [-0.25, -0.2) is 27.3 Å². The Hall–Kier alpha value is -6.80. The fraction of sp³-hybridized carbons (Fsp3) is 0.500. The lowest BCUT2D eigenvalue weighted by atomic mass is 9.77. The van der Waals surface area contributed by atoms with Gasteiger partial charge in [0.1, 0.15) is 23.6 Å². The van der Waals surface area contributed by atoms with E-state index in [1.807, 2.05) is 40.1 Å². The molecule has 6 fully saturated rings. The highest BCUT2D eigenvalue weighted by atomic mass is 19.2. The normalized spacial score (nSPS) is 20.0. The van der Waals surface area contributed by atoms with Gasteiger partial charge in [0.15, 0.2) is 23.3 Å². The van der Waals surface area contributed by atoms with Crippen molar-refractivity contribution >= 4 is 34.6 Å². The van der Waals surface area contributed by atoms with Crippen LogP contribution < -0.4 is 40.2 Å². The number of carbonyl (C=O) groups is 2. The molecule has 0 atom stereocenters. The van der Waals surface area contributed by atoms with Crippen molar-refractivity contribution < 1.29 is 46.1 Å². The minimum absolute atomic E-state index is 0. The van der Waals surface area contributed by atoms with Crippen molar-refractivity contribution in [1.82, 2.24) is 20.0 Å². The molecule has 8 heterocycles. The molecule has 0 saturated carbocycles. The second kappa shape index (κ2) is 23.6. The Morgan fingerprint density at radius 2 is 1.05 bits per heavy atom. The number of anilines is 4. The molecule has 6 aliphatic heterocycles. The van der Waals surface area contributed by atoms with E-state index in [1.165, 1.54) is 16.8 Å². The first-order chi connectivity index (χ1) is 36.4. The number of hydrogen-bond acceptors (Lipinski definition) is 12. The van der Waals surface area contributed by atoms with E-state index in [0.717, 1.165) is 81.2 Å². The van der Waals surface area contributed by atoms with E-state index in [4.69, 9.17) is 18.9 Å². The molecule has 2 aromatic heterocycles. The number of halogens is 4. The molecule has 16 nitrogen and oxygen atoms in total. The predicted molar refractivity (Wildman–Crippen MR) is 278 cm³/mol. The van der Waals surface area contributed by atoms with Crippen LogP contribution in [0.15, 0.2) is 88.5 Å².